The van der Waals surface area contributed by atoms with Gasteiger partial charge in [-0.25, -0.2) is 0 Å². The van der Waals surface area contributed by atoms with Crippen molar-refractivity contribution < 1.29 is 14.7 Å². The fraction of sp³-hybridized carbons (Fsp3) is 0.800. The van der Waals surface area contributed by atoms with E-state index in [0.29, 0.717) is 6.42 Å². The largest absolute Gasteiger partial charge is 0.481 e. The highest BCUT2D eigenvalue weighted by Crippen LogP contribution is 2.26. The van der Waals surface area contributed by atoms with Crippen LogP contribution in [0.15, 0.2) is 0 Å². The number of nitrogens with one attached hydrogen (secondary N) is 1. The van der Waals surface area contributed by atoms with Gasteiger partial charge >= 0.3 is 5.97 Å². The second-order valence-corrected chi connectivity index (χ2v) is 3.84. The van der Waals surface area contributed by atoms with Crippen molar-refractivity contribution in [2.75, 3.05) is 0 Å². The molecule has 0 aromatic rings. The third kappa shape index (κ3) is 3.01. The molecule has 0 spiro atoms. The summed E-state index contributed by atoms with van der Waals surface area (Å²) in [4.78, 5) is 21.9. The van der Waals surface area contributed by atoms with Gasteiger partial charge in [0, 0.05) is 12.0 Å². The lowest BCUT2D eigenvalue weighted by molar-refractivity contribution is -0.138. The Hall–Kier alpha value is -1.06. The minimum Gasteiger partial charge on any atom is -0.481 e. The maximum atomic E-state index is 11.5. The Balaban J connectivity index is 2.31. The molecule has 1 aliphatic rings. The Kier molecular flexibility index (Phi) is 3.92. The zero-order chi connectivity index (χ0) is 10.6. The normalized spacial score (nSPS) is 18.4. The first-order valence-electron chi connectivity index (χ1n) is 5.15. The second kappa shape index (κ2) is 4.98. The maximum absolute atomic E-state index is 11.5. The third-order valence-corrected chi connectivity index (χ3v) is 2.74. The standard InChI is InChI=1S/C10H17NO3/c1-2-8(6-9(12)13)11-10(14)7-4-3-5-7/h7-8H,2-6H2,1H3,(H,11,14)(H,12,13). The van der Waals surface area contributed by atoms with Crippen molar-refractivity contribution in [3.05, 3.63) is 0 Å². The van der Waals surface area contributed by atoms with Crippen LogP contribution in [0.4, 0.5) is 0 Å². The summed E-state index contributed by atoms with van der Waals surface area (Å²) in [5.41, 5.74) is 0. The number of aliphatic carboxylic acids is 1. The molecule has 1 aliphatic carbocycles. The number of hydrogen-bond donors (Lipinski definition) is 2. The molecule has 0 heterocycles. The van der Waals surface area contributed by atoms with Gasteiger partial charge in [-0.15, -0.1) is 0 Å². The molecule has 0 radical (unpaired) electrons. The van der Waals surface area contributed by atoms with E-state index in [1.54, 1.807) is 0 Å². The first kappa shape index (κ1) is 11.0. The Morgan fingerprint density at radius 3 is 2.50 bits per heavy atom. The molecule has 2 N–H and O–H groups in total. The minimum absolute atomic E-state index is 0.0228. The number of rotatable bonds is 5. The van der Waals surface area contributed by atoms with Gasteiger partial charge < -0.3 is 10.4 Å². The van der Waals surface area contributed by atoms with Crippen LogP contribution in [0.5, 0.6) is 0 Å². The molecule has 4 nitrogen and oxygen atoms in total. The van der Waals surface area contributed by atoms with Crippen molar-refractivity contribution in [3.63, 3.8) is 0 Å². The van der Waals surface area contributed by atoms with Crippen molar-refractivity contribution in [1.29, 1.82) is 0 Å². The van der Waals surface area contributed by atoms with E-state index in [2.05, 4.69) is 5.32 Å². The molecule has 1 saturated carbocycles. The van der Waals surface area contributed by atoms with Crippen LogP contribution in [-0.4, -0.2) is 23.0 Å². The quantitative estimate of drug-likeness (QED) is 0.698. The lowest BCUT2D eigenvalue weighted by atomic mass is 9.84. The fourth-order valence-electron chi connectivity index (χ4n) is 1.50. The number of carbonyl (C=O) groups is 2. The monoisotopic (exact) mass is 199 g/mol. The van der Waals surface area contributed by atoms with Crippen molar-refractivity contribution in [2.45, 2.75) is 45.1 Å². The van der Waals surface area contributed by atoms with Gasteiger partial charge in [0.15, 0.2) is 0 Å². The molecule has 80 valence electrons. The number of carboxylic acids is 1. The van der Waals surface area contributed by atoms with E-state index in [4.69, 9.17) is 5.11 Å². The highest BCUT2D eigenvalue weighted by Gasteiger charge is 2.26. The van der Waals surface area contributed by atoms with Crippen LogP contribution in [-0.2, 0) is 9.59 Å². The zero-order valence-electron chi connectivity index (χ0n) is 8.45. The predicted octanol–water partition coefficient (Wildman–Crippen LogP) is 1.16. The van der Waals surface area contributed by atoms with Crippen LogP contribution in [0.2, 0.25) is 0 Å². The van der Waals surface area contributed by atoms with E-state index in [-0.39, 0.29) is 24.3 Å². The summed E-state index contributed by atoms with van der Waals surface area (Å²) in [6.07, 6.45) is 3.72. The van der Waals surface area contributed by atoms with Crippen LogP contribution >= 0.6 is 0 Å². The molecule has 0 bridgehead atoms. The van der Waals surface area contributed by atoms with Crippen LogP contribution < -0.4 is 5.32 Å². The van der Waals surface area contributed by atoms with Crippen molar-refractivity contribution in [3.8, 4) is 0 Å². The summed E-state index contributed by atoms with van der Waals surface area (Å²) in [6, 6.07) is -0.208. The van der Waals surface area contributed by atoms with Crippen LogP contribution in [0.25, 0.3) is 0 Å². The van der Waals surface area contributed by atoms with Crippen LogP contribution in [0, 0.1) is 5.92 Å². The van der Waals surface area contributed by atoms with Gasteiger partial charge in [0.2, 0.25) is 5.91 Å². The van der Waals surface area contributed by atoms with Crippen LogP contribution in [0.1, 0.15) is 39.0 Å². The molecular weight excluding hydrogens is 182 g/mol. The van der Waals surface area contributed by atoms with Gasteiger partial charge in [-0.05, 0) is 19.3 Å². The van der Waals surface area contributed by atoms with E-state index in [1.807, 2.05) is 6.92 Å². The van der Waals surface area contributed by atoms with E-state index >= 15 is 0 Å². The van der Waals surface area contributed by atoms with E-state index in [0.717, 1.165) is 19.3 Å². The Morgan fingerprint density at radius 2 is 2.14 bits per heavy atom. The summed E-state index contributed by atoms with van der Waals surface area (Å²) in [5, 5.41) is 11.4. The van der Waals surface area contributed by atoms with E-state index < -0.39 is 5.97 Å². The highest BCUT2D eigenvalue weighted by atomic mass is 16.4. The van der Waals surface area contributed by atoms with Gasteiger partial charge in [0.05, 0.1) is 6.42 Å². The van der Waals surface area contributed by atoms with E-state index in [9.17, 15) is 9.59 Å². The number of carbonyl (C=O) groups excluding carboxylic acids is 1. The molecule has 1 fully saturated rings. The van der Waals surface area contributed by atoms with Gasteiger partial charge in [0.1, 0.15) is 0 Å². The molecule has 0 saturated heterocycles. The lowest BCUT2D eigenvalue weighted by Gasteiger charge is -2.26. The zero-order valence-corrected chi connectivity index (χ0v) is 8.45. The summed E-state index contributed by atoms with van der Waals surface area (Å²) in [5.74, 6) is -0.687. The van der Waals surface area contributed by atoms with Crippen molar-refractivity contribution in [1.82, 2.24) is 5.32 Å². The van der Waals surface area contributed by atoms with Crippen molar-refractivity contribution >= 4 is 11.9 Å². The van der Waals surface area contributed by atoms with Gasteiger partial charge in [0.25, 0.3) is 0 Å². The first-order chi connectivity index (χ1) is 6.63. The third-order valence-electron chi connectivity index (χ3n) is 2.74. The molecule has 1 amide bonds. The average Bonchev–Trinajstić information content (AvgIpc) is 1.98. The second-order valence-electron chi connectivity index (χ2n) is 3.84. The fourth-order valence-corrected chi connectivity index (χ4v) is 1.50. The molecule has 1 rings (SSSR count). The van der Waals surface area contributed by atoms with Gasteiger partial charge in [-0.3, -0.25) is 9.59 Å². The molecule has 0 aromatic carbocycles. The van der Waals surface area contributed by atoms with Crippen molar-refractivity contribution in [2.24, 2.45) is 5.92 Å². The van der Waals surface area contributed by atoms with Gasteiger partial charge in [-0.2, -0.15) is 0 Å². The summed E-state index contributed by atoms with van der Waals surface area (Å²) < 4.78 is 0. The summed E-state index contributed by atoms with van der Waals surface area (Å²) in [7, 11) is 0. The molecule has 1 atom stereocenters. The van der Waals surface area contributed by atoms with Crippen LogP contribution in [0.3, 0.4) is 0 Å². The Morgan fingerprint density at radius 1 is 1.50 bits per heavy atom. The molecule has 14 heavy (non-hydrogen) atoms. The van der Waals surface area contributed by atoms with Gasteiger partial charge in [-0.1, -0.05) is 13.3 Å². The molecule has 0 aliphatic heterocycles. The Labute approximate surface area is 83.7 Å². The minimum atomic E-state index is -0.856. The maximum Gasteiger partial charge on any atom is 0.305 e. The summed E-state index contributed by atoms with van der Waals surface area (Å²) >= 11 is 0. The number of carboxylic acid groups (broad SMARTS) is 1. The molecular formula is C10H17NO3. The SMILES string of the molecule is CCC(CC(=O)O)NC(=O)C1CCC1. The smallest absolute Gasteiger partial charge is 0.305 e. The average molecular weight is 199 g/mol. The Bertz CT molecular complexity index is 223. The molecule has 4 heteroatoms. The van der Waals surface area contributed by atoms with E-state index in [1.165, 1.54) is 0 Å². The summed E-state index contributed by atoms with van der Waals surface area (Å²) in [6.45, 7) is 1.88. The number of hydrogen-bond acceptors (Lipinski definition) is 2. The molecule has 1 unspecified atom stereocenters. The highest BCUT2D eigenvalue weighted by molar-refractivity contribution is 5.80. The predicted molar refractivity (Wildman–Crippen MR) is 51.8 cm³/mol. The molecule has 0 aromatic heterocycles. The topological polar surface area (TPSA) is 66.4 Å². The lowest BCUT2D eigenvalue weighted by Crippen LogP contribution is -2.41. The number of amides is 1. The first-order valence-corrected chi connectivity index (χ1v) is 5.15.